The number of amides is 1. The van der Waals surface area contributed by atoms with E-state index in [1.165, 1.54) is 19.8 Å². The average molecular weight is 156 g/mol. The van der Waals surface area contributed by atoms with E-state index in [0.29, 0.717) is 12.5 Å². The third-order valence-corrected chi connectivity index (χ3v) is 2.36. The zero-order valence-electron chi connectivity index (χ0n) is 7.18. The molecule has 1 aliphatic rings. The molecule has 1 aliphatic carbocycles. The highest BCUT2D eigenvalue weighted by Crippen LogP contribution is 2.38. The number of carbonyl (C=O) groups is 1. The second kappa shape index (κ2) is 2.81. The summed E-state index contributed by atoms with van der Waals surface area (Å²) in [7, 11) is 0. The van der Waals surface area contributed by atoms with Crippen LogP contribution in [0.25, 0.3) is 0 Å². The molecule has 64 valence electrons. The van der Waals surface area contributed by atoms with E-state index >= 15 is 0 Å². The van der Waals surface area contributed by atoms with Crippen molar-refractivity contribution in [2.24, 2.45) is 11.7 Å². The van der Waals surface area contributed by atoms with Crippen LogP contribution in [0.3, 0.4) is 0 Å². The second-order valence-corrected chi connectivity index (χ2v) is 3.58. The first-order valence-electron chi connectivity index (χ1n) is 4.07. The van der Waals surface area contributed by atoms with Gasteiger partial charge in [0, 0.05) is 13.5 Å². The molecule has 0 bridgehead atoms. The van der Waals surface area contributed by atoms with Crippen LogP contribution in [0.15, 0.2) is 0 Å². The Kier molecular flexibility index (Phi) is 2.18. The molecule has 0 aromatic heterocycles. The summed E-state index contributed by atoms with van der Waals surface area (Å²) in [5, 5.41) is 2.90. The molecular weight excluding hydrogens is 140 g/mol. The fourth-order valence-electron chi connectivity index (χ4n) is 1.44. The number of nitrogens with one attached hydrogen (secondary N) is 1. The first-order chi connectivity index (χ1) is 5.08. The van der Waals surface area contributed by atoms with E-state index in [1.807, 2.05) is 6.92 Å². The molecule has 1 unspecified atom stereocenters. The quantitative estimate of drug-likeness (QED) is 0.615. The van der Waals surface area contributed by atoms with Gasteiger partial charge in [0.2, 0.25) is 5.91 Å². The minimum Gasteiger partial charge on any atom is -0.350 e. The molecule has 0 heterocycles. The van der Waals surface area contributed by atoms with E-state index in [-0.39, 0.29) is 11.4 Å². The fraction of sp³-hybridized carbons (Fsp3) is 0.875. The van der Waals surface area contributed by atoms with E-state index in [2.05, 4.69) is 5.32 Å². The van der Waals surface area contributed by atoms with Gasteiger partial charge in [-0.15, -0.1) is 0 Å². The molecule has 1 rings (SSSR count). The lowest BCUT2D eigenvalue weighted by Crippen LogP contribution is -2.52. The maximum Gasteiger partial charge on any atom is 0.217 e. The van der Waals surface area contributed by atoms with Gasteiger partial charge in [-0.3, -0.25) is 4.79 Å². The van der Waals surface area contributed by atoms with Gasteiger partial charge < -0.3 is 11.1 Å². The summed E-state index contributed by atoms with van der Waals surface area (Å²) < 4.78 is 0. The molecule has 3 heteroatoms. The maximum absolute atomic E-state index is 10.8. The van der Waals surface area contributed by atoms with Crippen molar-refractivity contribution in [1.29, 1.82) is 0 Å². The van der Waals surface area contributed by atoms with E-state index in [0.717, 1.165) is 0 Å². The smallest absolute Gasteiger partial charge is 0.217 e. The Morgan fingerprint density at radius 1 is 1.73 bits per heavy atom. The fourth-order valence-corrected chi connectivity index (χ4v) is 1.44. The molecule has 1 fully saturated rings. The van der Waals surface area contributed by atoms with Crippen molar-refractivity contribution >= 4 is 5.91 Å². The molecule has 3 N–H and O–H groups in total. The number of rotatable bonds is 3. The summed E-state index contributed by atoms with van der Waals surface area (Å²) in [6.45, 7) is 4.10. The summed E-state index contributed by atoms with van der Waals surface area (Å²) in [6.07, 6.45) is 2.40. The Bertz CT molecular complexity index is 165. The first kappa shape index (κ1) is 8.53. The number of hydrogen-bond acceptors (Lipinski definition) is 2. The summed E-state index contributed by atoms with van der Waals surface area (Å²) in [4.78, 5) is 10.8. The first-order valence-corrected chi connectivity index (χ1v) is 4.07. The van der Waals surface area contributed by atoms with Crippen molar-refractivity contribution < 1.29 is 4.79 Å². The lowest BCUT2D eigenvalue weighted by Gasteiger charge is -2.28. The molecule has 0 aromatic rings. The van der Waals surface area contributed by atoms with E-state index in [1.54, 1.807) is 0 Å². The van der Waals surface area contributed by atoms with Crippen molar-refractivity contribution in [3.63, 3.8) is 0 Å². The lowest BCUT2D eigenvalue weighted by atomic mass is 9.96. The SMILES string of the molecule is CC(=O)NC(C)(CN)C1CC1. The molecule has 0 spiro atoms. The highest BCUT2D eigenvalue weighted by atomic mass is 16.1. The number of hydrogen-bond donors (Lipinski definition) is 2. The molecule has 0 aliphatic heterocycles. The van der Waals surface area contributed by atoms with Crippen LogP contribution in [-0.2, 0) is 4.79 Å². The highest BCUT2D eigenvalue weighted by Gasteiger charge is 2.40. The molecule has 0 radical (unpaired) electrons. The van der Waals surface area contributed by atoms with E-state index in [4.69, 9.17) is 5.73 Å². The molecule has 1 saturated carbocycles. The Hall–Kier alpha value is -0.570. The van der Waals surface area contributed by atoms with Gasteiger partial charge in [0.25, 0.3) is 0 Å². The third kappa shape index (κ3) is 1.93. The zero-order valence-corrected chi connectivity index (χ0v) is 7.18. The van der Waals surface area contributed by atoms with Gasteiger partial charge in [0.15, 0.2) is 0 Å². The van der Waals surface area contributed by atoms with Gasteiger partial charge in [0.1, 0.15) is 0 Å². The maximum atomic E-state index is 10.8. The van der Waals surface area contributed by atoms with Crippen LogP contribution in [0.5, 0.6) is 0 Å². The molecule has 1 amide bonds. The topological polar surface area (TPSA) is 55.1 Å². The van der Waals surface area contributed by atoms with Crippen LogP contribution in [0, 0.1) is 5.92 Å². The standard InChI is InChI=1S/C8H16N2O/c1-6(11)10-8(2,5-9)7-3-4-7/h7H,3-5,9H2,1-2H3,(H,10,11). The Morgan fingerprint density at radius 3 is 2.55 bits per heavy atom. The Balaban J connectivity index is 2.51. The van der Waals surface area contributed by atoms with Gasteiger partial charge in [-0.25, -0.2) is 0 Å². The van der Waals surface area contributed by atoms with Crippen LogP contribution in [0.4, 0.5) is 0 Å². The van der Waals surface area contributed by atoms with Crippen molar-refractivity contribution in [1.82, 2.24) is 5.32 Å². The monoisotopic (exact) mass is 156 g/mol. The van der Waals surface area contributed by atoms with Gasteiger partial charge in [-0.1, -0.05) is 0 Å². The van der Waals surface area contributed by atoms with Crippen LogP contribution >= 0.6 is 0 Å². The van der Waals surface area contributed by atoms with Crippen LogP contribution < -0.4 is 11.1 Å². The van der Waals surface area contributed by atoms with Gasteiger partial charge in [-0.05, 0) is 25.7 Å². The molecule has 0 aromatic carbocycles. The molecule has 0 saturated heterocycles. The normalized spacial score (nSPS) is 22.5. The predicted octanol–water partition coefficient (Wildman–Crippen LogP) is 0.250. The van der Waals surface area contributed by atoms with Crippen LogP contribution in [0.2, 0.25) is 0 Å². The van der Waals surface area contributed by atoms with Gasteiger partial charge in [0.05, 0.1) is 5.54 Å². The number of carbonyl (C=O) groups excluding carboxylic acids is 1. The largest absolute Gasteiger partial charge is 0.350 e. The van der Waals surface area contributed by atoms with Crippen molar-refractivity contribution in [2.45, 2.75) is 32.2 Å². The summed E-state index contributed by atoms with van der Waals surface area (Å²) in [6, 6.07) is 0. The summed E-state index contributed by atoms with van der Waals surface area (Å²) >= 11 is 0. The Labute approximate surface area is 67.3 Å². The molecule has 11 heavy (non-hydrogen) atoms. The van der Waals surface area contributed by atoms with Crippen LogP contribution in [-0.4, -0.2) is 18.0 Å². The minimum absolute atomic E-state index is 0.0184. The van der Waals surface area contributed by atoms with Gasteiger partial charge >= 0.3 is 0 Å². The molecular formula is C8H16N2O. The number of nitrogens with two attached hydrogens (primary N) is 1. The Morgan fingerprint density at radius 2 is 2.27 bits per heavy atom. The average Bonchev–Trinajstić information content (AvgIpc) is 2.66. The van der Waals surface area contributed by atoms with Crippen molar-refractivity contribution in [3.05, 3.63) is 0 Å². The molecule has 1 atom stereocenters. The summed E-state index contributed by atoms with van der Waals surface area (Å²) in [5.41, 5.74) is 5.43. The highest BCUT2D eigenvalue weighted by molar-refractivity contribution is 5.73. The van der Waals surface area contributed by atoms with Gasteiger partial charge in [-0.2, -0.15) is 0 Å². The third-order valence-electron chi connectivity index (χ3n) is 2.36. The van der Waals surface area contributed by atoms with E-state index < -0.39 is 0 Å². The van der Waals surface area contributed by atoms with Crippen LogP contribution in [0.1, 0.15) is 26.7 Å². The minimum atomic E-state index is -0.147. The summed E-state index contributed by atoms with van der Waals surface area (Å²) in [5.74, 6) is 0.626. The van der Waals surface area contributed by atoms with Crippen molar-refractivity contribution in [3.8, 4) is 0 Å². The van der Waals surface area contributed by atoms with E-state index in [9.17, 15) is 4.79 Å². The lowest BCUT2D eigenvalue weighted by molar-refractivity contribution is -0.120. The second-order valence-electron chi connectivity index (χ2n) is 3.58. The predicted molar refractivity (Wildman–Crippen MR) is 44.0 cm³/mol. The molecule has 3 nitrogen and oxygen atoms in total. The zero-order chi connectivity index (χ0) is 8.48. The van der Waals surface area contributed by atoms with Crippen molar-refractivity contribution in [2.75, 3.05) is 6.54 Å².